The lowest BCUT2D eigenvalue weighted by atomic mass is 10.1. The summed E-state index contributed by atoms with van der Waals surface area (Å²) in [6.07, 6.45) is 1.38. The number of nitrogens with zero attached hydrogens (tertiary/aromatic N) is 1. The van der Waals surface area contributed by atoms with E-state index in [-0.39, 0.29) is 17.5 Å². The molecule has 1 atom stereocenters. The fourth-order valence-electron chi connectivity index (χ4n) is 2.11. The van der Waals surface area contributed by atoms with Crippen LogP contribution in [-0.4, -0.2) is 54.7 Å². The third-order valence-corrected chi connectivity index (χ3v) is 3.14. The summed E-state index contributed by atoms with van der Waals surface area (Å²) in [7, 11) is 0. The molecule has 0 aromatic carbocycles. The second kappa shape index (κ2) is 7.47. The number of nitrogens with one attached hydrogen (secondary N) is 2. The van der Waals surface area contributed by atoms with E-state index in [0.29, 0.717) is 19.7 Å². The monoisotopic (exact) mass is 285 g/mol. The molecule has 2 amide bonds. The van der Waals surface area contributed by atoms with Gasteiger partial charge in [0.1, 0.15) is 0 Å². The first-order valence-electron chi connectivity index (χ1n) is 7.28. The van der Waals surface area contributed by atoms with Crippen molar-refractivity contribution in [2.24, 2.45) is 0 Å². The van der Waals surface area contributed by atoms with Gasteiger partial charge in [-0.3, -0.25) is 4.79 Å². The van der Waals surface area contributed by atoms with Crippen LogP contribution in [0.2, 0.25) is 0 Å². The average molecular weight is 285 g/mol. The van der Waals surface area contributed by atoms with E-state index in [0.717, 1.165) is 19.4 Å². The number of likely N-dealkylation sites (tertiary alicyclic amines) is 1. The Morgan fingerprint density at radius 3 is 2.65 bits per heavy atom. The first-order chi connectivity index (χ1) is 9.31. The van der Waals surface area contributed by atoms with E-state index in [4.69, 9.17) is 4.74 Å². The highest BCUT2D eigenvalue weighted by Gasteiger charge is 2.25. The van der Waals surface area contributed by atoms with Crippen LogP contribution in [0.4, 0.5) is 4.79 Å². The molecule has 1 saturated heterocycles. The predicted molar refractivity (Wildman–Crippen MR) is 77.5 cm³/mol. The largest absolute Gasteiger partial charge is 0.450 e. The number of ether oxygens (including phenoxy) is 1. The van der Waals surface area contributed by atoms with Gasteiger partial charge >= 0.3 is 6.09 Å². The Morgan fingerprint density at radius 2 is 2.05 bits per heavy atom. The molecule has 0 bridgehead atoms. The molecule has 1 unspecified atom stereocenters. The van der Waals surface area contributed by atoms with E-state index in [2.05, 4.69) is 10.6 Å². The predicted octanol–water partition coefficient (Wildman–Crippen LogP) is 1.11. The molecule has 6 nitrogen and oxygen atoms in total. The maximum atomic E-state index is 12.1. The Labute approximate surface area is 121 Å². The van der Waals surface area contributed by atoms with Gasteiger partial charge in [-0.25, -0.2) is 4.79 Å². The van der Waals surface area contributed by atoms with Gasteiger partial charge < -0.3 is 20.3 Å². The molecule has 6 heteroatoms. The SMILES string of the molecule is CCOC(=O)NC1CCCN(C(=O)CNC(C)(C)C)C1. The minimum Gasteiger partial charge on any atom is -0.450 e. The molecule has 0 radical (unpaired) electrons. The van der Waals surface area contributed by atoms with Crippen molar-refractivity contribution in [3.63, 3.8) is 0 Å². The summed E-state index contributed by atoms with van der Waals surface area (Å²) < 4.78 is 4.87. The van der Waals surface area contributed by atoms with E-state index in [9.17, 15) is 9.59 Å². The standard InChI is InChI=1S/C14H27N3O3/c1-5-20-13(19)16-11-7-6-8-17(10-11)12(18)9-15-14(2,3)4/h11,15H,5-10H2,1-4H3,(H,16,19). The first-order valence-corrected chi connectivity index (χ1v) is 7.28. The second-order valence-electron chi connectivity index (χ2n) is 6.15. The van der Waals surface area contributed by atoms with Crippen LogP contribution in [0.1, 0.15) is 40.5 Å². The molecule has 20 heavy (non-hydrogen) atoms. The molecule has 0 aliphatic carbocycles. The van der Waals surface area contributed by atoms with E-state index in [1.54, 1.807) is 11.8 Å². The molecule has 0 aromatic rings. The minimum atomic E-state index is -0.403. The third-order valence-electron chi connectivity index (χ3n) is 3.14. The number of alkyl carbamates (subject to hydrolysis) is 1. The number of carbonyl (C=O) groups excluding carboxylic acids is 2. The summed E-state index contributed by atoms with van der Waals surface area (Å²) >= 11 is 0. The first kappa shape index (κ1) is 16.8. The van der Waals surface area contributed by atoms with Crippen LogP contribution in [0.25, 0.3) is 0 Å². The number of carbonyl (C=O) groups is 2. The maximum absolute atomic E-state index is 12.1. The Bertz CT molecular complexity index is 339. The fraction of sp³-hybridized carbons (Fsp3) is 0.857. The Balaban J connectivity index is 2.40. The highest BCUT2D eigenvalue weighted by Crippen LogP contribution is 2.10. The van der Waals surface area contributed by atoms with Crippen molar-refractivity contribution in [3.8, 4) is 0 Å². The van der Waals surface area contributed by atoms with Gasteiger partial charge in [0, 0.05) is 24.7 Å². The van der Waals surface area contributed by atoms with Gasteiger partial charge in [-0.1, -0.05) is 0 Å². The van der Waals surface area contributed by atoms with Crippen molar-refractivity contribution in [3.05, 3.63) is 0 Å². The molecule has 0 spiro atoms. The maximum Gasteiger partial charge on any atom is 0.407 e. The molecule has 1 aliphatic heterocycles. The van der Waals surface area contributed by atoms with E-state index < -0.39 is 6.09 Å². The van der Waals surface area contributed by atoms with E-state index >= 15 is 0 Å². The van der Waals surface area contributed by atoms with Crippen LogP contribution in [0.5, 0.6) is 0 Å². The summed E-state index contributed by atoms with van der Waals surface area (Å²) in [5.74, 6) is 0.0790. The lowest BCUT2D eigenvalue weighted by Crippen LogP contribution is -2.52. The molecule has 1 heterocycles. The number of hydrogen-bond acceptors (Lipinski definition) is 4. The van der Waals surface area contributed by atoms with Crippen molar-refractivity contribution in [1.82, 2.24) is 15.5 Å². The molecule has 2 N–H and O–H groups in total. The van der Waals surface area contributed by atoms with Gasteiger partial charge in [0.05, 0.1) is 13.2 Å². The highest BCUT2D eigenvalue weighted by molar-refractivity contribution is 5.78. The summed E-state index contributed by atoms with van der Waals surface area (Å²) in [4.78, 5) is 25.3. The molecular weight excluding hydrogens is 258 g/mol. The lowest BCUT2D eigenvalue weighted by molar-refractivity contribution is -0.131. The number of amides is 2. The summed E-state index contributed by atoms with van der Waals surface area (Å²) in [6.45, 7) is 9.86. The minimum absolute atomic E-state index is 0.0126. The zero-order valence-electron chi connectivity index (χ0n) is 13.0. The molecule has 1 fully saturated rings. The smallest absolute Gasteiger partial charge is 0.407 e. The molecule has 1 aliphatic rings. The number of rotatable bonds is 4. The van der Waals surface area contributed by atoms with Crippen LogP contribution in [-0.2, 0) is 9.53 Å². The Hall–Kier alpha value is -1.30. The summed E-state index contributed by atoms with van der Waals surface area (Å²) in [5, 5.41) is 5.99. The van der Waals surface area contributed by atoms with Gasteiger partial charge in [0.25, 0.3) is 0 Å². The van der Waals surface area contributed by atoms with Crippen molar-refractivity contribution in [2.75, 3.05) is 26.2 Å². The lowest BCUT2D eigenvalue weighted by Gasteiger charge is -2.33. The van der Waals surface area contributed by atoms with Crippen LogP contribution >= 0.6 is 0 Å². The van der Waals surface area contributed by atoms with Gasteiger partial charge in [-0.05, 0) is 40.5 Å². The van der Waals surface area contributed by atoms with Crippen molar-refractivity contribution >= 4 is 12.0 Å². The molecule has 0 aromatic heterocycles. The average Bonchev–Trinajstić information content (AvgIpc) is 2.35. The molecular formula is C14H27N3O3. The van der Waals surface area contributed by atoms with Gasteiger partial charge in [-0.15, -0.1) is 0 Å². The Morgan fingerprint density at radius 1 is 1.35 bits per heavy atom. The highest BCUT2D eigenvalue weighted by atomic mass is 16.5. The van der Waals surface area contributed by atoms with Crippen molar-refractivity contribution in [2.45, 2.75) is 52.1 Å². The van der Waals surface area contributed by atoms with Crippen LogP contribution in [0.3, 0.4) is 0 Å². The quantitative estimate of drug-likeness (QED) is 0.812. The summed E-state index contributed by atoms with van der Waals surface area (Å²) in [5.41, 5.74) is -0.0754. The van der Waals surface area contributed by atoms with Gasteiger partial charge in [0.15, 0.2) is 0 Å². The zero-order valence-corrected chi connectivity index (χ0v) is 13.0. The fourth-order valence-corrected chi connectivity index (χ4v) is 2.11. The van der Waals surface area contributed by atoms with Crippen molar-refractivity contribution in [1.29, 1.82) is 0 Å². The van der Waals surface area contributed by atoms with Crippen molar-refractivity contribution < 1.29 is 14.3 Å². The number of piperidine rings is 1. The zero-order chi connectivity index (χ0) is 15.2. The van der Waals surface area contributed by atoms with E-state index in [1.807, 2.05) is 20.8 Å². The molecule has 116 valence electrons. The molecule has 1 rings (SSSR count). The van der Waals surface area contributed by atoms with E-state index in [1.165, 1.54) is 0 Å². The topological polar surface area (TPSA) is 70.7 Å². The van der Waals surface area contributed by atoms with Crippen LogP contribution in [0.15, 0.2) is 0 Å². The van der Waals surface area contributed by atoms with Crippen LogP contribution in [0, 0.1) is 0 Å². The molecule has 0 saturated carbocycles. The third kappa shape index (κ3) is 6.23. The van der Waals surface area contributed by atoms with Gasteiger partial charge in [-0.2, -0.15) is 0 Å². The Kier molecular flexibility index (Phi) is 6.26. The summed E-state index contributed by atoms with van der Waals surface area (Å²) in [6, 6.07) is -0.0126. The second-order valence-corrected chi connectivity index (χ2v) is 6.15. The van der Waals surface area contributed by atoms with Gasteiger partial charge in [0.2, 0.25) is 5.91 Å². The van der Waals surface area contributed by atoms with Crippen LogP contribution < -0.4 is 10.6 Å². The normalized spacial score (nSPS) is 19.6. The number of hydrogen-bond donors (Lipinski definition) is 2.